The summed E-state index contributed by atoms with van der Waals surface area (Å²) < 4.78 is 2.37. The highest BCUT2D eigenvalue weighted by Crippen LogP contribution is 2.24. The second-order valence-electron chi connectivity index (χ2n) is 10.4. The van der Waals surface area contributed by atoms with Crippen molar-refractivity contribution in [3.63, 3.8) is 0 Å². The molecule has 0 aromatic carbocycles. The molecule has 31 heavy (non-hydrogen) atoms. The molecule has 188 valence electrons. The molecule has 4 atom stereocenters. The van der Waals surface area contributed by atoms with Gasteiger partial charge < -0.3 is 8.97 Å². The van der Waals surface area contributed by atoms with Crippen molar-refractivity contribution in [3.05, 3.63) is 0 Å². The van der Waals surface area contributed by atoms with Gasteiger partial charge >= 0.3 is 0 Å². The van der Waals surface area contributed by atoms with E-state index in [1.54, 1.807) is 0 Å². The van der Waals surface area contributed by atoms with E-state index in [1.807, 2.05) is 0 Å². The van der Waals surface area contributed by atoms with Gasteiger partial charge in [-0.25, -0.2) is 0 Å². The highest BCUT2D eigenvalue weighted by atomic mass is 79.9. The largest absolute Gasteiger partial charge is 0.315 e. The molecule has 2 nitrogen and oxygen atoms in total. The topological polar surface area (TPSA) is 0 Å². The zero-order valence-electron chi connectivity index (χ0n) is 22.2. The van der Waals surface area contributed by atoms with Crippen LogP contribution in [0.15, 0.2) is 0 Å². The molecule has 0 rings (SSSR count). The van der Waals surface area contributed by atoms with Crippen molar-refractivity contribution in [1.82, 2.24) is 0 Å². The molecule has 0 saturated carbocycles. The molecule has 0 aliphatic rings. The minimum absolute atomic E-state index is 0.638. The van der Waals surface area contributed by atoms with Crippen molar-refractivity contribution >= 4 is 31.9 Å². The summed E-state index contributed by atoms with van der Waals surface area (Å²) in [5, 5.41) is 0. The molecule has 0 bridgehead atoms. The molecule has 4 heteroatoms. The Bertz CT molecular complexity index is 371. The first kappa shape index (κ1) is 31.9. The Morgan fingerprint density at radius 2 is 0.742 bits per heavy atom. The van der Waals surface area contributed by atoms with Crippen molar-refractivity contribution in [3.8, 4) is 0 Å². The van der Waals surface area contributed by atoms with E-state index in [0.717, 1.165) is 0 Å². The third-order valence-electron chi connectivity index (χ3n) is 7.65. The summed E-state index contributed by atoms with van der Waals surface area (Å²) in [7, 11) is 4.82. The lowest BCUT2D eigenvalue weighted by Gasteiger charge is -2.38. The van der Waals surface area contributed by atoms with E-state index in [1.165, 1.54) is 131 Å². The number of halogens is 2. The number of nitrogens with zero attached hydrogens (tertiary/aromatic N) is 2. The Balaban J connectivity index is 3.57. The predicted octanol–water partition coefficient (Wildman–Crippen LogP) is 9.25. The molecular weight excluding hydrogens is 512 g/mol. The lowest BCUT2D eigenvalue weighted by molar-refractivity contribution is -0.916. The molecule has 0 saturated heterocycles. The molecule has 0 aromatic rings. The smallest absolute Gasteiger partial charge is 0.144 e. The zero-order chi connectivity index (χ0) is 23.6. The maximum atomic E-state index is 3.99. The minimum Gasteiger partial charge on any atom is -0.315 e. The van der Waals surface area contributed by atoms with E-state index in [0.29, 0.717) is 9.90 Å². The average Bonchev–Trinajstić information content (AvgIpc) is 2.76. The van der Waals surface area contributed by atoms with Crippen LogP contribution in [-0.4, -0.2) is 59.1 Å². The molecule has 0 amide bonds. The SMILES string of the molecule is CCC[N+](C)(CC)C(Br)CCCCCCCCCCCCCC(Br)[N+](C)(CC)CCC. The fraction of sp³-hybridized carbons (Fsp3) is 1.00. The van der Waals surface area contributed by atoms with Crippen LogP contribution in [0.4, 0.5) is 0 Å². The standard InChI is InChI=1S/C27H58Br2N2/c1-7-24-30(5,9-3)26(28)22-20-18-16-14-12-11-13-15-17-19-21-23-27(29)31(6,10-4)25-8-2/h26-27H,7-25H2,1-6H3/q+2. The van der Waals surface area contributed by atoms with Crippen LogP contribution >= 0.6 is 31.9 Å². The Kier molecular flexibility index (Phi) is 19.8. The molecule has 0 N–H and O–H groups in total. The minimum atomic E-state index is 0.638. The molecule has 0 aliphatic carbocycles. The predicted molar refractivity (Wildman–Crippen MR) is 149 cm³/mol. The summed E-state index contributed by atoms with van der Waals surface area (Å²) >= 11 is 7.97. The highest BCUT2D eigenvalue weighted by Gasteiger charge is 2.28. The van der Waals surface area contributed by atoms with Gasteiger partial charge in [-0.3, -0.25) is 0 Å². The van der Waals surface area contributed by atoms with Gasteiger partial charge in [0.15, 0.2) is 0 Å². The molecule has 4 unspecified atom stereocenters. The monoisotopic (exact) mass is 568 g/mol. The lowest BCUT2D eigenvalue weighted by atomic mass is 10.0. The summed E-state index contributed by atoms with van der Waals surface area (Å²) in [6.07, 6.45) is 20.9. The maximum Gasteiger partial charge on any atom is 0.144 e. The van der Waals surface area contributed by atoms with Crippen LogP contribution in [-0.2, 0) is 0 Å². The fourth-order valence-electron chi connectivity index (χ4n) is 4.85. The van der Waals surface area contributed by atoms with Gasteiger partial charge in [-0.2, -0.15) is 0 Å². The highest BCUT2D eigenvalue weighted by molar-refractivity contribution is 9.09. The molecule has 0 heterocycles. The van der Waals surface area contributed by atoms with Gasteiger partial charge in [0, 0.05) is 12.8 Å². The Hall–Kier alpha value is 0.880. The van der Waals surface area contributed by atoms with Crippen LogP contribution < -0.4 is 0 Å². The second kappa shape index (κ2) is 19.2. The molecule has 0 radical (unpaired) electrons. The lowest BCUT2D eigenvalue weighted by Crippen LogP contribution is -2.49. The van der Waals surface area contributed by atoms with Gasteiger partial charge in [-0.15, -0.1) is 0 Å². The van der Waals surface area contributed by atoms with Crippen LogP contribution in [0.25, 0.3) is 0 Å². The average molecular weight is 571 g/mol. The number of rotatable bonds is 22. The summed E-state index contributed by atoms with van der Waals surface area (Å²) in [5.41, 5.74) is 0. The summed E-state index contributed by atoms with van der Waals surface area (Å²) in [6.45, 7) is 14.3. The second-order valence-corrected chi connectivity index (χ2v) is 12.5. The van der Waals surface area contributed by atoms with Gasteiger partial charge in [0.2, 0.25) is 0 Å². The van der Waals surface area contributed by atoms with Gasteiger partial charge in [0.05, 0.1) is 40.3 Å². The first-order chi connectivity index (χ1) is 14.8. The molecular formula is C27H58Br2N2+2. The molecule has 0 aliphatic heterocycles. The van der Waals surface area contributed by atoms with Crippen LogP contribution in [0.2, 0.25) is 0 Å². The number of alkyl halides is 2. The van der Waals surface area contributed by atoms with Crippen molar-refractivity contribution in [2.45, 2.75) is 134 Å². The van der Waals surface area contributed by atoms with Crippen molar-refractivity contribution in [2.24, 2.45) is 0 Å². The fourth-order valence-corrected chi connectivity index (χ4v) is 6.49. The third kappa shape index (κ3) is 14.0. The van der Waals surface area contributed by atoms with Crippen LogP contribution in [0.3, 0.4) is 0 Å². The summed E-state index contributed by atoms with van der Waals surface area (Å²) in [6, 6.07) is 0. The van der Waals surface area contributed by atoms with Crippen LogP contribution in [0, 0.1) is 0 Å². The quantitative estimate of drug-likeness (QED) is 0.0527. The number of quaternary nitrogens is 2. The Labute approximate surface area is 214 Å². The first-order valence-corrected chi connectivity index (χ1v) is 15.6. The Morgan fingerprint density at radius 1 is 0.484 bits per heavy atom. The number of unbranched alkanes of at least 4 members (excludes halogenated alkanes) is 10. The van der Waals surface area contributed by atoms with E-state index in [9.17, 15) is 0 Å². The van der Waals surface area contributed by atoms with E-state index >= 15 is 0 Å². The number of hydrogen-bond donors (Lipinski definition) is 0. The Morgan fingerprint density at radius 3 is 0.968 bits per heavy atom. The normalized spacial score (nSPS) is 17.8. The van der Waals surface area contributed by atoms with Gasteiger partial charge in [-0.1, -0.05) is 71.6 Å². The van der Waals surface area contributed by atoms with Crippen LogP contribution in [0.5, 0.6) is 0 Å². The van der Waals surface area contributed by atoms with E-state index in [4.69, 9.17) is 0 Å². The van der Waals surface area contributed by atoms with Crippen molar-refractivity contribution < 1.29 is 8.97 Å². The summed E-state index contributed by atoms with van der Waals surface area (Å²) in [4.78, 5) is 1.28. The molecule has 0 aromatic heterocycles. The molecule has 0 fully saturated rings. The van der Waals surface area contributed by atoms with Gasteiger partial charge in [0.1, 0.15) is 9.90 Å². The zero-order valence-corrected chi connectivity index (χ0v) is 25.4. The first-order valence-electron chi connectivity index (χ1n) is 13.8. The maximum absolute atomic E-state index is 3.99. The van der Waals surface area contributed by atoms with E-state index < -0.39 is 0 Å². The number of hydrogen-bond acceptors (Lipinski definition) is 0. The van der Waals surface area contributed by atoms with Crippen LogP contribution in [0.1, 0.15) is 124 Å². The van der Waals surface area contributed by atoms with Gasteiger partial charge in [0.25, 0.3) is 0 Å². The van der Waals surface area contributed by atoms with E-state index in [2.05, 4.69) is 73.7 Å². The molecule has 0 spiro atoms. The van der Waals surface area contributed by atoms with Gasteiger partial charge in [-0.05, 0) is 71.4 Å². The van der Waals surface area contributed by atoms with Crippen molar-refractivity contribution in [2.75, 3.05) is 40.3 Å². The van der Waals surface area contributed by atoms with E-state index in [-0.39, 0.29) is 0 Å². The summed E-state index contributed by atoms with van der Waals surface area (Å²) in [5.74, 6) is 0. The van der Waals surface area contributed by atoms with Crippen molar-refractivity contribution in [1.29, 1.82) is 0 Å². The third-order valence-corrected chi connectivity index (χ3v) is 10.5.